The topological polar surface area (TPSA) is 82.4 Å². The van der Waals surface area contributed by atoms with Gasteiger partial charge in [0.1, 0.15) is 11.5 Å². The van der Waals surface area contributed by atoms with Gasteiger partial charge in [0.15, 0.2) is 0 Å². The van der Waals surface area contributed by atoms with Crippen molar-refractivity contribution >= 4 is 5.97 Å². The van der Waals surface area contributed by atoms with Crippen LogP contribution in [0.25, 0.3) is 11.3 Å². The van der Waals surface area contributed by atoms with Gasteiger partial charge in [0.25, 0.3) is 0 Å². The number of furan rings is 1. The summed E-state index contributed by atoms with van der Waals surface area (Å²) in [6.07, 6.45) is 5.25. The highest BCUT2D eigenvalue weighted by atomic mass is 16.4. The fourth-order valence-electron chi connectivity index (χ4n) is 3.68. The Morgan fingerprint density at radius 3 is 2.92 bits per heavy atom. The van der Waals surface area contributed by atoms with Gasteiger partial charge < -0.3 is 9.52 Å². The van der Waals surface area contributed by atoms with Gasteiger partial charge in [-0.05, 0) is 43.7 Å². The molecule has 6 nitrogen and oxygen atoms in total. The predicted molar refractivity (Wildman–Crippen MR) is 96.7 cm³/mol. The van der Waals surface area contributed by atoms with Gasteiger partial charge >= 0.3 is 5.97 Å². The molecule has 26 heavy (non-hydrogen) atoms. The van der Waals surface area contributed by atoms with Crippen molar-refractivity contribution < 1.29 is 14.3 Å². The Bertz CT molecular complexity index is 885. The monoisotopic (exact) mass is 351 g/mol. The normalized spacial score (nSPS) is 18.1. The van der Waals surface area contributed by atoms with Crippen LogP contribution in [0, 0.1) is 0 Å². The highest BCUT2D eigenvalue weighted by Gasteiger charge is 2.26. The summed E-state index contributed by atoms with van der Waals surface area (Å²) in [6, 6.07) is 13.0. The van der Waals surface area contributed by atoms with E-state index in [1.54, 1.807) is 24.4 Å². The van der Waals surface area contributed by atoms with Crippen LogP contribution in [0.1, 0.15) is 47.1 Å². The van der Waals surface area contributed by atoms with E-state index in [0.717, 1.165) is 24.4 Å². The predicted octanol–water partition coefficient (Wildman–Crippen LogP) is 4.10. The number of piperidine rings is 1. The number of aromatic amines is 1. The van der Waals surface area contributed by atoms with Crippen LogP contribution in [0.15, 0.2) is 53.1 Å². The molecule has 0 unspecified atom stereocenters. The van der Waals surface area contributed by atoms with E-state index in [1.807, 2.05) is 24.3 Å². The number of carbonyl (C=O) groups is 1. The van der Waals surface area contributed by atoms with Gasteiger partial charge in [0.05, 0.1) is 23.8 Å². The van der Waals surface area contributed by atoms with Crippen molar-refractivity contribution in [1.82, 2.24) is 15.1 Å². The second-order valence-corrected chi connectivity index (χ2v) is 6.61. The molecule has 4 rings (SSSR count). The number of benzene rings is 1. The minimum Gasteiger partial charge on any atom is -0.478 e. The van der Waals surface area contributed by atoms with Crippen LogP contribution in [0.4, 0.5) is 0 Å². The average molecular weight is 351 g/mol. The van der Waals surface area contributed by atoms with Crippen LogP contribution in [-0.2, 0) is 6.54 Å². The second kappa shape index (κ2) is 7.17. The molecule has 2 aromatic heterocycles. The van der Waals surface area contributed by atoms with Crippen LogP contribution < -0.4 is 0 Å². The van der Waals surface area contributed by atoms with Gasteiger partial charge in [-0.2, -0.15) is 5.10 Å². The first-order valence-electron chi connectivity index (χ1n) is 8.87. The van der Waals surface area contributed by atoms with Gasteiger partial charge in [-0.15, -0.1) is 0 Å². The maximum Gasteiger partial charge on any atom is 0.336 e. The Hall–Kier alpha value is -2.86. The smallest absolute Gasteiger partial charge is 0.336 e. The zero-order chi connectivity index (χ0) is 17.9. The second-order valence-electron chi connectivity index (χ2n) is 6.61. The molecule has 1 aliphatic rings. The summed E-state index contributed by atoms with van der Waals surface area (Å²) in [6.45, 7) is 1.70. The fraction of sp³-hybridized carbons (Fsp3) is 0.300. The number of likely N-dealkylation sites (tertiary alicyclic amines) is 1. The summed E-state index contributed by atoms with van der Waals surface area (Å²) >= 11 is 0. The molecule has 0 spiro atoms. The van der Waals surface area contributed by atoms with E-state index in [0.29, 0.717) is 23.9 Å². The van der Waals surface area contributed by atoms with E-state index in [4.69, 9.17) is 4.42 Å². The summed E-state index contributed by atoms with van der Waals surface area (Å²) in [4.78, 5) is 13.8. The number of carboxylic acids is 1. The molecule has 1 aliphatic heterocycles. The Kier molecular flexibility index (Phi) is 4.58. The van der Waals surface area contributed by atoms with Crippen LogP contribution in [0.3, 0.4) is 0 Å². The van der Waals surface area contributed by atoms with E-state index in [9.17, 15) is 9.90 Å². The van der Waals surface area contributed by atoms with Crippen molar-refractivity contribution in [1.29, 1.82) is 0 Å². The lowest BCUT2D eigenvalue weighted by molar-refractivity contribution is 0.0697. The van der Waals surface area contributed by atoms with Crippen molar-refractivity contribution in [2.24, 2.45) is 0 Å². The molecule has 6 heteroatoms. The molecule has 1 atom stereocenters. The summed E-state index contributed by atoms with van der Waals surface area (Å²) in [7, 11) is 0. The van der Waals surface area contributed by atoms with Crippen LogP contribution in [0.2, 0.25) is 0 Å². The molecule has 3 aromatic rings. The maximum atomic E-state index is 11.4. The Balaban J connectivity index is 1.56. The quantitative estimate of drug-likeness (QED) is 0.723. The molecule has 134 valence electrons. The number of H-pyrrole nitrogens is 1. The zero-order valence-corrected chi connectivity index (χ0v) is 14.4. The van der Waals surface area contributed by atoms with Gasteiger partial charge in [-0.25, -0.2) is 4.79 Å². The highest BCUT2D eigenvalue weighted by molar-refractivity contribution is 5.95. The van der Waals surface area contributed by atoms with Crippen LogP contribution in [-0.4, -0.2) is 32.7 Å². The summed E-state index contributed by atoms with van der Waals surface area (Å²) < 4.78 is 6.00. The number of carboxylic acid groups (broad SMARTS) is 1. The minimum absolute atomic E-state index is 0.252. The van der Waals surface area contributed by atoms with E-state index >= 15 is 0 Å². The Morgan fingerprint density at radius 2 is 2.12 bits per heavy atom. The van der Waals surface area contributed by atoms with E-state index < -0.39 is 5.97 Å². The Morgan fingerprint density at radius 1 is 1.23 bits per heavy atom. The molecule has 1 fully saturated rings. The maximum absolute atomic E-state index is 11.4. The molecule has 1 aromatic carbocycles. The van der Waals surface area contributed by atoms with Crippen molar-refractivity contribution in [2.75, 3.05) is 6.54 Å². The minimum atomic E-state index is -0.950. The average Bonchev–Trinajstić information content (AvgIpc) is 3.34. The first-order chi connectivity index (χ1) is 12.7. The number of hydrogen-bond acceptors (Lipinski definition) is 4. The molecule has 2 N–H and O–H groups in total. The third-order valence-electron chi connectivity index (χ3n) is 4.94. The third kappa shape index (κ3) is 3.28. The van der Waals surface area contributed by atoms with Gasteiger partial charge in [-0.1, -0.05) is 24.6 Å². The first kappa shape index (κ1) is 16.6. The zero-order valence-electron chi connectivity index (χ0n) is 14.4. The number of rotatable bonds is 5. The lowest BCUT2D eigenvalue weighted by Crippen LogP contribution is -2.33. The SMILES string of the molecule is O=C(O)c1ccccc1-c1ccc(CN2CCCC[C@@H]2c2ccn[nH]2)o1. The van der Waals surface area contributed by atoms with E-state index in [1.165, 1.54) is 12.8 Å². The number of nitrogens with one attached hydrogen (secondary N) is 1. The standard InChI is InChI=1S/C20H21N3O3/c24-20(25)16-6-2-1-5-15(16)19-9-8-14(26-19)13-23-12-4-3-7-18(23)17-10-11-21-22-17/h1-2,5-6,8-11,18H,3-4,7,12-13H2,(H,21,22)(H,24,25)/t18-/m1/s1. The molecular weight excluding hydrogens is 330 g/mol. The summed E-state index contributed by atoms with van der Waals surface area (Å²) in [5.41, 5.74) is 1.99. The Labute approximate surface area is 151 Å². The lowest BCUT2D eigenvalue weighted by atomic mass is 9.99. The van der Waals surface area contributed by atoms with Crippen molar-refractivity contribution in [3.63, 3.8) is 0 Å². The fourth-order valence-corrected chi connectivity index (χ4v) is 3.68. The number of nitrogens with zero attached hydrogens (tertiary/aromatic N) is 2. The van der Waals surface area contributed by atoms with Gasteiger partial charge in [-0.3, -0.25) is 10.00 Å². The molecule has 1 saturated heterocycles. The molecule has 3 heterocycles. The van der Waals surface area contributed by atoms with Crippen molar-refractivity contribution in [3.8, 4) is 11.3 Å². The lowest BCUT2D eigenvalue weighted by Gasteiger charge is -2.34. The van der Waals surface area contributed by atoms with Crippen LogP contribution in [0.5, 0.6) is 0 Å². The molecule has 0 aliphatic carbocycles. The third-order valence-corrected chi connectivity index (χ3v) is 4.94. The van der Waals surface area contributed by atoms with Crippen molar-refractivity contribution in [2.45, 2.75) is 31.8 Å². The largest absolute Gasteiger partial charge is 0.478 e. The molecular formula is C20H21N3O3. The number of hydrogen-bond donors (Lipinski definition) is 2. The van der Waals surface area contributed by atoms with Crippen LogP contribution >= 0.6 is 0 Å². The molecule has 0 amide bonds. The molecule has 0 bridgehead atoms. The highest BCUT2D eigenvalue weighted by Crippen LogP contribution is 2.32. The number of aromatic carboxylic acids is 1. The number of aromatic nitrogens is 2. The molecule has 0 saturated carbocycles. The van der Waals surface area contributed by atoms with Gasteiger partial charge in [0.2, 0.25) is 0 Å². The molecule has 0 radical (unpaired) electrons. The van der Waals surface area contributed by atoms with Crippen molar-refractivity contribution in [3.05, 3.63) is 65.7 Å². The first-order valence-corrected chi connectivity index (χ1v) is 8.87. The summed E-state index contributed by atoms with van der Waals surface area (Å²) in [5.74, 6) is 0.480. The van der Waals surface area contributed by atoms with E-state index in [-0.39, 0.29) is 5.56 Å². The van der Waals surface area contributed by atoms with Gasteiger partial charge in [0, 0.05) is 11.8 Å². The summed E-state index contributed by atoms with van der Waals surface area (Å²) in [5, 5.41) is 16.5. The van der Waals surface area contributed by atoms with E-state index in [2.05, 4.69) is 15.1 Å².